The van der Waals surface area contributed by atoms with Crippen molar-refractivity contribution in [2.45, 2.75) is 84.2 Å². The lowest BCUT2D eigenvalue weighted by Crippen LogP contribution is -2.35. The number of aromatic nitrogens is 2. The zero-order valence-electron chi connectivity index (χ0n) is 13.9. The molecule has 1 heterocycles. The maximum atomic E-state index is 4.31. The quantitative estimate of drug-likeness (QED) is 0.605. The first-order valence-electron chi connectivity index (χ1n) is 8.31. The van der Waals surface area contributed by atoms with E-state index in [0.29, 0.717) is 0 Å². The molecule has 0 aromatic carbocycles. The van der Waals surface area contributed by atoms with Gasteiger partial charge in [-0.2, -0.15) is 0 Å². The van der Waals surface area contributed by atoms with Crippen molar-refractivity contribution in [1.82, 2.24) is 14.9 Å². The molecule has 0 radical (unpaired) electrons. The molecular weight excluding hydrogens is 246 g/mol. The highest BCUT2D eigenvalue weighted by atomic mass is 15.1. The number of rotatable bonds is 11. The topological polar surface area (TPSA) is 29.9 Å². The molecule has 0 aliphatic rings. The molecule has 1 rings (SSSR count). The van der Waals surface area contributed by atoms with Gasteiger partial charge in [0.25, 0.3) is 0 Å². The van der Waals surface area contributed by atoms with Gasteiger partial charge < -0.3 is 9.88 Å². The van der Waals surface area contributed by atoms with Crippen LogP contribution in [0.3, 0.4) is 0 Å². The number of hydrogen-bond donors (Lipinski definition) is 1. The number of aryl methyl sites for hydroxylation is 1. The average Bonchev–Trinajstić information content (AvgIpc) is 2.91. The Hall–Kier alpha value is -0.830. The summed E-state index contributed by atoms with van der Waals surface area (Å²) in [6.07, 6.45) is 14.9. The molecule has 0 amide bonds. The Kier molecular flexibility index (Phi) is 7.90. The summed E-state index contributed by atoms with van der Waals surface area (Å²) in [5.41, 5.74) is 1.28. The number of nitrogens with zero attached hydrogens (tertiary/aromatic N) is 2. The minimum absolute atomic E-state index is 0.00332. The minimum atomic E-state index is -0.00332. The standard InChI is InChI=1S/C17H33N3/c1-5-6-7-8-9-10-11-12-13-20-15-19-14-16(20)17(2,3)18-4/h14-15,18H,5-13H2,1-4H3. The first-order valence-corrected chi connectivity index (χ1v) is 8.31. The van der Waals surface area contributed by atoms with Gasteiger partial charge in [0.05, 0.1) is 17.6 Å². The van der Waals surface area contributed by atoms with Crippen LogP contribution >= 0.6 is 0 Å². The van der Waals surface area contributed by atoms with Gasteiger partial charge in [0, 0.05) is 12.7 Å². The molecule has 116 valence electrons. The van der Waals surface area contributed by atoms with E-state index < -0.39 is 0 Å². The second-order valence-corrected chi connectivity index (χ2v) is 6.32. The van der Waals surface area contributed by atoms with Crippen molar-refractivity contribution in [2.75, 3.05) is 7.05 Å². The molecule has 1 N–H and O–H groups in total. The van der Waals surface area contributed by atoms with Gasteiger partial charge in [0.1, 0.15) is 0 Å². The molecule has 0 bridgehead atoms. The summed E-state index contributed by atoms with van der Waals surface area (Å²) in [6.45, 7) is 7.77. The van der Waals surface area contributed by atoms with Crippen molar-refractivity contribution in [3.8, 4) is 0 Å². The molecule has 0 aliphatic carbocycles. The van der Waals surface area contributed by atoms with E-state index in [0.717, 1.165) is 6.54 Å². The Morgan fingerprint density at radius 2 is 1.65 bits per heavy atom. The lowest BCUT2D eigenvalue weighted by Gasteiger charge is -2.25. The molecule has 1 aromatic rings. The van der Waals surface area contributed by atoms with Crippen LogP contribution in [0.15, 0.2) is 12.5 Å². The number of nitrogens with one attached hydrogen (secondary N) is 1. The Balaban J connectivity index is 2.21. The lowest BCUT2D eigenvalue weighted by atomic mass is 10.0. The molecule has 0 atom stereocenters. The lowest BCUT2D eigenvalue weighted by molar-refractivity contribution is 0.403. The smallest absolute Gasteiger partial charge is 0.0948 e. The Labute approximate surface area is 125 Å². The first kappa shape index (κ1) is 17.2. The molecule has 0 saturated heterocycles. The zero-order chi connectivity index (χ0) is 14.8. The maximum Gasteiger partial charge on any atom is 0.0948 e. The summed E-state index contributed by atoms with van der Waals surface area (Å²) in [5, 5.41) is 3.35. The van der Waals surface area contributed by atoms with Gasteiger partial charge in [-0.25, -0.2) is 4.98 Å². The van der Waals surface area contributed by atoms with Crippen molar-refractivity contribution in [3.05, 3.63) is 18.2 Å². The molecule has 0 unspecified atom stereocenters. The molecule has 3 nitrogen and oxygen atoms in total. The fourth-order valence-electron chi connectivity index (χ4n) is 2.56. The number of unbranched alkanes of at least 4 members (excludes halogenated alkanes) is 7. The summed E-state index contributed by atoms with van der Waals surface area (Å²) >= 11 is 0. The van der Waals surface area contributed by atoms with Crippen molar-refractivity contribution in [3.63, 3.8) is 0 Å². The Bertz CT molecular complexity index is 355. The predicted molar refractivity (Wildman–Crippen MR) is 86.9 cm³/mol. The van der Waals surface area contributed by atoms with Crippen molar-refractivity contribution >= 4 is 0 Å². The van der Waals surface area contributed by atoms with Gasteiger partial charge in [0.2, 0.25) is 0 Å². The Morgan fingerprint density at radius 1 is 1.05 bits per heavy atom. The fraction of sp³-hybridized carbons (Fsp3) is 0.824. The molecule has 20 heavy (non-hydrogen) atoms. The summed E-state index contributed by atoms with van der Waals surface area (Å²) in [6, 6.07) is 0. The van der Waals surface area contributed by atoms with E-state index in [4.69, 9.17) is 0 Å². The number of imidazole rings is 1. The van der Waals surface area contributed by atoms with Crippen molar-refractivity contribution in [2.24, 2.45) is 0 Å². The van der Waals surface area contributed by atoms with E-state index in [-0.39, 0.29) is 5.54 Å². The van der Waals surface area contributed by atoms with E-state index in [9.17, 15) is 0 Å². The fourth-order valence-corrected chi connectivity index (χ4v) is 2.56. The molecule has 3 heteroatoms. The van der Waals surface area contributed by atoms with Gasteiger partial charge in [0.15, 0.2) is 0 Å². The highest BCUT2D eigenvalue weighted by Gasteiger charge is 2.21. The van der Waals surface area contributed by atoms with E-state index in [2.05, 4.69) is 35.6 Å². The van der Waals surface area contributed by atoms with E-state index in [1.807, 2.05) is 19.6 Å². The summed E-state index contributed by atoms with van der Waals surface area (Å²) < 4.78 is 2.30. The normalized spacial score (nSPS) is 12.0. The molecule has 1 aromatic heterocycles. The predicted octanol–water partition coefficient (Wildman–Crippen LogP) is 4.48. The van der Waals surface area contributed by atoms with Crippen molar-refractivity contribution in [1.29, 1.82) is 0 Å². The maximum absolute atomic E-state index is 4.31. The number of hydrogen-bond acceptors (Lipinski definition) is 2. The van der Waals surface area contributed by atoms with Crippen LogP contribution in [0, 0.1) is 0 Å². The van der Waals surface area contributed by atoms with Gasteiger partial charge in [-0.1, -0.05) is 51.9 Å². The highest BCUT2D eigenvalue weighted by molar-refractivity contribution is 5.10. The molecule has 0 aliphatic heterocycles. The van der Waals surface area contributed by atoms with E-state index in [1.165, 1.54) is 57.1 Å². The van der Waals surface area contributed by atoms with Gasteiger partial charge in [-0.15, -0.1) is 0 Å². The molecule has 0 spiro atoms. The van der Waals surface area contributed by atoms with Crippen LogP contribution in [0.25, 0.3) is 0 Å². The van der Waals surface area contributed by atoms with Crippen LogP contribution in [-0.4, -0.2) is 16.6 Å². The highest BCUT2D eigenvalue weighted by Crippen LogP contribution is 2.19. The summed E-state index contributed by atoms with van der Waals surface area (Å²) in [5.74, 6) is 0. The molecule has 0 fully saturated rings. The van der Waals surface area contributed by atoms with E-state index >= 15 is 0 Å². The van der Waals surface area contributed by atoms with Crippen molar-refractivity contribution < 1.29 is 0 Å². The monoisotopic (exact) mass is 279 g/mol. The van der Waals surface area contributed by atoms with Crippen LogP contribution in [0.4, 0.5) is 0 Å². The first-order chi connectivity index (χ1) is 9.61. The van der Waals surface area contributed by atoms with E-state index in [1.54, 1.807) is 0 Å². The SMILES string of the molecule is CCCCCCCCCCn1cncc1C(C)(C)NC. The third-order valence-electron chi connectivity index (χ3n) is 4.23. The second-order valence-electron chi connectivity index (χ2n) is 6.32. The Morgan fingerprint density at radius 3 is 2.25 bits per heavy atom. The van der Waals surface area contributed by atoms with Crippen LogP contribution < -0.4 is 5.32 Å². The molecule has 0 saturated carbocycles. The third kappa shape index (κ3) is 5.66. The van der Waals surface area contributed by atoms with Gasteiger partial charge in [-0.05, 0) is 27.3 Å². The van der Waals surface area contributed by atoms with Crippen LogP contribution in [0.2, 0.25) is 0 Å². The largest absolute Gasteiger partial charge is 0.333 e. The van der Waals surface area contributed by atoms with Crippen LogP contribution in [0.1, 0.15) is 77.8 Å². The third-order valence-corrected chi connectivity index (χ3v) is 4.23. The second kappa shape index (κ2) is 9.17. The summed E-state index contributed by atoms with van der Waals surface area (Å²) in [7, 11) is 2.01. The molecular formula is C17H33N3. The van der Waals surface area contributed by atoms with Gasteiger partial charge >= 0.3 is 0 Å². The van der Waals surface area contributed by atoms with Gasteiger partial charge in [-0.3, -0.25) is 0 Å². The summed E-state index contributed by atoms with van der Waals surface area (Å²) in [4.78, 5) is 4.31. The minimum Gasteiger partial charge on any atom is -0.333 e. The zero-order valence-corrected chi connectivity index (χ0v) is 13.9. The van der Waals surface area contributed by atoms with Crippen LogP contribution in [0.5, 0.6) is 0 Å². The average molecular weight is 279 g/mol. The van der Waals surface area contributed by atoms with Crippen LogP contribution in [-0.2, 0) is 12.1 Å².